The Labute approximate surface area is 147 Å². The Hall–Kier alpha value is -2.82. The second-order valence-corrected chi connectivity index (χ2v) is 5.88. The van der Waals surface area contributed by atoms with Crippen LogP contribution in [0.3, 0.4) is 0 Å². The van der Waals surface area contributed by atoms with Gasteiger partial charge >= 0.3 is 0 Å². The van der Waals surface area contributed by atoms with Crippen molar-refractivity contribution in [3.63, 3.8) is 0 Å². The van der Waals surface area contributed by atoms with E-state index < -0.39 is 0 Å². The van der Waals surface area contributed by atoms with E-state index in [2.05, 4.69) is 11.5 Å². The lowest BCUT2D eigenvalue weighted by atomic mass is 10.1. The third-order valence-corrected chi connectivity index (χ3v) is 4.23. The Balaban J connectivity index is 1.57. The summed E-state index contributed by atoms with van der Waals surface area (Å²) in [5.41, 5.74) is 1.64. The topological polar surface area (TPSA) is 32.8 Å². The number of hydrogen-bond acceptors (Lipinski definition) is 3. The fraction of sp³-hybridized carbons (Fsp3) is 0.250. The third-order valence-electron chi connectivity index (χ3n) is 4.23. The van der Waals surface area contributed by atoms with Crippen LogP contribution in [0.15, 0.2) is 61.2 Å². The molecule has 0 radical (unpaired) electrons. The van der Waals surface area contributed by atoms with E-state index in [1.54, 1.807) is 42.5 Å². The van der Waals surface area contributed by atoms with Gasteiger partial charge in [-0.3, -0.25) is 4.79 Å². The second kappa shape index (κ2) is 7.83. The van der Waals surface area contributed by atoms with E-state index in [1.807, 2.05) is 4.90 Å². The Morgan fingerprint density at radius 1 is 1.04 bits per heavy atom. The Morgan fingerprint density at radius 3 is 2.28 bits per heavy atom. The molecule has 0 spiro atoms. The van der Waals surface area contributed by atoms with Crippen LogP contribution in [0.1, 0.15) is 10.4 Å². The molecule has 1 aliphatic rings. The number of rotatable bonds is 5. The predicted octanol–water partition coefficient (Wildman–Crippen LogP) is 3.35. The molecule has 1 saturated heterocycles. The first kappa shape index (κ1) is 17.0. The number of carbonyl (C=O) groups excluding carboxylic acids is 1. The van der Waals surface area contributed by atoms with E-state index in [9.17, 15) is 9.18 Å². The maximum atomic E-state index is 13.0. The van der Waals surface area contributed by atoms with Crippen LogP contribution < -0.4 is 9.64 Å². The standard InChI is InChI=1S/C20H21FN2O2/c1-2-15-25-19-9-3-16(4-10-19)20(24)23-13-11-22(12-14-23)18-7-5-17(21)6-8-18/h2-10H,1,11-15H2. The number of benzene rings is 2. The predicted molar refractivity (Wildman–Crippen MR) is 96.7 cm³/mol. The molecule has 0 unspecified atom stereocenters. The molecule has 0 aliphatic carbocycles. The fourth-order valence-corrected chi connectivity index (χ4v) is 2.85. The van der Waals surface area contributed by atoms with Gasteiger partial charge < -0.3 is 14.5 Å². The van der Waals surface area contributed by atoms with Crippen molar-refractivity contribution < 1.29 is 13.9 Å². The largest absolute Gasteiger partial charge is 0.490 e. The van der Waals surface area contributed by atoms with Crippen LogP contribution in [0.25, 0.3) is 0 Å². The van der Waals surface area contributed by atoms with Crippen molar-refractivity contribution in [1.29, 1.82) is 0 Å². The number of ether oxygens (including phenoxy) is 1. The smallest absolute Gasteiger partial charge is 0.253 e. The summed E-state index contributed by atoms with van der Waals surface area (Å²) in [7, 11) is 0. The van der Waals surface area contributed by atoms with Crippen LogP contribution in [-0.4, -0.2) is 43.6 Å². The van der Waals surface area contributed by atoms with Gasteiger partial charge in [-0.05, 0) is 48.5 Å². The third kappa shape index (κ3) is 4.18. The van der Waals surface area contributed by atoms with E-state index in [0.717, 1.165) is 24.5 Å². The lowest BCUT2D eigenvalue weighted by Gasteiger charge is -2.36. The Kier molecular flexibility index (Phi) is 5.33. The summed E-state index contributed by atoms with van der Waals surface area (Å²) in [6.07, 6.45) is 1.68. The lowest BCUT2D eigenvalue weighted by Crippen LogP contribution is -2.48. The van der Waals surface area contributed by atoms with Crippen molar-refractivity contribution in [3.8, 4) is 5.75 Å². The molecule has 0 N–H and O–H groups in total. The highest BCUT2D eigenvalue weighted by atomic mass is 19.1. The Bertz CT molecular complexity index is 720. The van der Waals surface area contributed by atoms with Crippen LogP contribution in [-0.2, 0) is 0 Å². The molecule has 3 rings (SSSR count). The number of piperazine rings is 1. The first-order valence-electron chi connectivity index (χ1n) is 8.31. The maximum Gasteiger partial charge on any atom is 0.253 e. The molecule has 2 aromatic rings. The molecule has 1 aliphatic heterocycles. The van der Waals surface area contributed by atoms with Crippen LogP contribution >= 0.6 is 0 Å². The fourth-order valence-electron chi connectivity index (χ4n) is 2.85. The Morgan fingerprint density at radius 2 is 1.68 bits per heavy atom. The average molecular weight is 340 g/mol. The normalized spacial score (nSPS) is 14.3. The van der Waals surface area contributed by atoms with Gasteiger partial charge in [-0.2, -0.15) is 0 Å². The number of amides is 1. The van der Waals surface area contributed by atoms with Gasteiger partial charge in [-0.1, -0.05) is 12.7 Å². The molecule has 0 saturated carbocycles. The first-order valence-corrected chi connectivity index (χ1v) is 8.31. The summed E-state index contributed by atoms with van der Waals surface area (Å²) in [4.78, 5) is 16.6. The summed E-state index contributed by atoms with van der Waals surface area (Å²) in [6.45, 7) is 6.81. The van der Waals surface area contributed by atoms with Crippen LogP contribution in [0.2, 0.25) is 0 Å². The number of carbonyl (C=O) groups is 1. The minimum Gasteiger partial charge on any atom is -0.490 e. The number of hydrogen-bond donors (Lipinski definition) is 0. The van der Waals surface area contributed by atoms with Crippen molar-refractivity contribution >= 4 is 11.6 Å². The van der Waals surface area contributed by atoms with Crippen LogP contribution in [0, 0.1) is 5.82 Å². The quantitative estimate of drug-likeness (QED) is 0.783. The van der Waals surface area contributed by atoms with Gasteiger partial charge in [-0.25, -0.2) is 4.39 Å². The van der Waals surface area contributed by atoms with Gasteiger partial charge in [0.1, 0.15) is 18.2 Å². The molecule has 25 heavy (non-hydrogen) atoms. The summed E-state index contributed by atoms with van der Waals surface area (Å²) in [5, 5.41) is 0. The zero-order valence-corrected chi connectivity index (χ0v) is 14.0. The lowest BCUT2D eigenvalue weighted by molar-refractivity contribution is 0.0747. The number of halogens is 1. The molecule has 1 heterocycles. The highest BCUT2D eigenvalue weighted by Crippen LogP contribution is 2.19. The van der Waals surface area contributed by atoms with Crippen molar-refractivity contribution in [1.82, 2.24) is 4.90 Å². The zero-order valence-electron chi connectivity index (χ0n) is 14.0. The van der Waals surface area contributed by atoms with Crippen molar-refractivity contribution in [3.05, 3.63) is 72.6 Å². The minimum absolute atomic E-state index is 0.0222. The summed E-state index contributed by atoms with van der Waals surface area (Å²) >= 11 is 0. The molecule has 1 amide bonds. The molecule has 130 valence electrons. The van der Waals surface area contributed by atoms with Gasteiger partial charge in [0.2, 0.25) is 0 Å². The van der Waals surface area contributed by atoms with Gasteiger partial charge in [0.05, 0.1) is 0 Å². The molecule has 0 atom stereocenters. The first-order chi connectivity index (χ1) is 12.2. The van der Waals surface area contributed by atoms with E-state index >= 15 is 0 Å². The van der Waals surface area contributed by atoms with Gasteiger partial charge in [-0.15, -0.1) is 0 Å². The molecule has 5 heteroatoms. The van der Waals surface area contributed by atoms with Crippen LogP contribution in [0.4, 0.5) is 10.1 Å². The maximum absolute atomic E-state index is 13.0. The second-order valence-electron chi connectivity index (χ2n) is 5.88. The minimum atomic E-state index is -0.238. The molecular weight excluding hydrogens is 319 g/mol. The molecular formula is C20H21FN2O2. The molecule has 1 fully saturated rings. The van der Waals surface area contributed by atoms with Crippen LogP contribution in [0.5, 0.6) is 5.75 Å². The highest BCUT2D eigenvalue weighted by molar-refractivity contribution is 5.94. The molecule has 4 nitrogen and oxygen atoms in total. The highest BCUT2D eigenvalue weighted by Gasteiger charge is 2.22. The molecule has 0 aromatic heterocycles. The van der Waals surface area contributed by atoms with E-state index in [0.29, 0.717) is 25.3 Å². The average Bonchev–Trinajstić information content (AvgIpc) is 2.67. The van der Waals surface area contributed by atoms with E-state index in [1.165, 1.54) is 12.1 Å². The SMILES string of the molecule is C=CCOc1ccc(C(=O)N2CCN(c3ccc(F)cc3)CC2)cc1. The summed E-state index contributed by atoms with van der Waals surface area (Å²) < 4.78 is 18.5. The van der Waals surface area contributed by atoms with Crippen molar-refractivity contribution in [2.24, 2.45) is 0 Å². The van der Waals surface area contributed by atoms with Gasteiger partial charge in [0.25, 0.3) is 5.91 Å². The molecule has 2 aromatic carbocycles. The zero-order chi connectivity index (χ0) is 17.6. The van der Waals surface area contributed by atoms with Gasteiger partial charge in [0, 0.05) is 37.4 Å². The number of anilines is 1. The van der Waals surface area contributed by atoms with Crippen molar-refractivity contribution in [2.75, 3.05) is 37.7 Å². The van der Waals surface area contributed by atoms with E-state index in [-0.39, 0.29) is 11.7 Å². The van der Waals surface area contributed by atoms with Crippen molar-refractivity contribution in [2.45, 2.75) is 0 Å². The summed E-state index contributed by atoms with van der Waals surface area (Å²) in [6, 6.07) is 13.6. The van der Waals surface area contributed by atoms with E-state index in [4.69, 9.17) is 4.74 Å². The monoisotopic (exact) mass is 340 g/mol. The number of nitrogens with zero attached hydrogens (tertiary/aromatic N) is 2. The molecule has 0 bridgehead atoms. The summed E-state index contributed by atoms with van der Waals surface area (Å²) in [5.74, 6) is 0.504. The van der Waals surface area contributed by atoms with Gasteiger partial charge in [0.15, 0.2) is 0 Å².